The molecular formula is C28H54O15Si2. The predicted molar refractivity (Wildman–Crippen MR) is 163 cm³/mol. The molecule has 15 nitrogen and oxygen atoms in total. The standard InChI is InChI=1S/C28H54O15Si2/c1-7-37-27-25(35)23(33)21(31)17(41-27)15-39-19(29)11-9-13-44(3,4)43-45(5,6)14-10-12-20(30)40-16-18-22(32)24(34)26(36)28(42-18)38-8-2/h17-18,21-28,31-36H,7-16H2,1-6H3/t17-,18-,21-,22-,23+,24+,25-,26-,27?,28?/m1/s1. The van der Waals surface area contributed by atoms with E-state index in [-0.39, 0.29) is 39.3 Å². The molecule has 2 aliphatic rings. The molecule has 0 bridgehead atoms. The SMILES string of the molecule is CCOC1O[C@H](COC(=O)CCC[Si](C)(C)O[Si](C)(C)CCCC(=O)OC[C@H]2OC(OCC)[C@H](O)[C@@H](O)[C@@H]2O)[C@@H](O)[C@H](O)[C@H]1O. The zero-order valence-electron chi connectivity index (χ0n) is 27.2. The summed E-state index contributed by atoms with van der Waals surface area (Å²) in [7, 11) is -4.32. The topological polar surface area (TPSA) is 220 Å². The number of carbonyl (C=O) groups excluding carboxylic acids is 2. The average Bonchev–Trinajstić information content (AvgIpc) is 2.95. The first-order valence-electron chi connectivity index (χ1n) is 15.7. The molecule has 10 atom stereocenters. The van der Waals surface area contributed by atoms with Gasteiger partial charge in [-0.15, -0.1) is 0 Å². The van der Waals surface area contributed by atoms with E-state index in [9.17, 15) is 40.2 Å². The Balaban J connectivity index is 1.68. The van der Waals surface area contributed by atoms with E-state index in [0.717, 1.165) is 0 Å². The first-order chi connectivity index (χ1) is 21.0. The Morgan fingerprint density at radius 1 is 0.600 bits per heavy atom. The van der Waals surface area contributed by atoms with Crippen LogP contribution in [0.15, 0.2) is 0 Å². The summed E-state index contributed by atoms with van der Waals surface area (Å²) in [6.45, 7) is 11.6. The molecule has 2 unspecified atom stereocenters. The third-order valence-electron chi connectivity index (χ3n) is 7.69. The highest BCUT2D eigenvalue weighted by Crippen LogP contribution is 2.27. The molecule has 2 rings (SSSR count). The summed E-state index contributed by atoms with van der Waals surface area (Å²) in [6, 6.07) is 1.40. The zero-order valence-corrected chi connectivity index (χ0v) is 29.2. The van der Waals surface area contributed by atoms with Crippen molar-refractivity contribution in [3.8, 4) is 0 Å². The average molecular weight is 687 g/mol. The van der Waals surface area contributed by atoms with Gasteiger partial charge in [0.25, 0.3) is 0 Å². The van der Waals surface area contributed by atoms with Crippen LogP contribution in [0.3, 0.4) is 0 Å². The van der Waals surface area contributed by atoms with Crippen LogP contribution in [0.1, 0.15) is 39.5 Å². The summed E-state index contributed by atoms with van der Waals surface area (Å²) >= 11 is 0. The number of esters is 2. The van der Waals surface area contributed by atoms with E-state index in [0.29, 0.717) is 24.9 Å². The van der Waals surface area contributed by atoms with Gasteiger partial charge in [0.15, 0.2) is 29.2 Å². The lowest BCUT2D eigenvalue weighted by Crippen LogP contribution is -2.59. The largest absolute Gasteiger partial charge is 0.463 e. The summed E-state index contributed by atoms with van der Waals surface area (Å²) in [4.78, 5) is 24.7. The minimum atomic E-state index is -2.16. The number of aliphatic hydroxyl groups excluding tert-OH is 6. The Morgan fingerprint density at radius 2 is 0.956 bits per heavy atom. The monoisotopic (exact) mass is 686 g/mol. The predicted octanol–water partition coefficient (Wildman–Crippen LogP) is -0.252. The van der Waals surface area contributed by atoms with E-state index < -0.39 is 90.0 Å². The highest BCUT2D eigenvalue weighted by molar-refractivity contribution is 6.84. The van der Waals surface area contributed by atoms with Gasteiger partial charge >= 0.3 is 11.9 Å². The third-order valence-corrected chi connectivity index (χ3v) is 15.2. The molecule has 2 aliphatic heterocycles. The van der Waals surface area contributed by atoms with Crippen molar-refractivity contribution in [2.45, 2.75) is 139 Å². The molecule has 0 spiro atoms. The summed E-state index contributed by atoms with van der Waals surface area (Å²) < 4.78 is 38.5. The molecule has 264 valence electrons. The van der Waals surface area contributed by atoms with E-state index in [1.807, 2.05) is 0 Å². The van der Waals surface area contributed by atoms with Gasteiger partial charge < -0.3 is 63.2 Å². The fourth-order valence-electron chi connectivity index (χ4n) is 5.37. The van der Waals surface area contributed by atoms with Gasteiger partial charge in [-0.3, -0.25) is 9.59 Å². The summed E-state index contributed by atoms with van der Waals surface area (Å²) in [5.41, 5.74) is 0. The van der Waals surface area contributed by atoms with Crippen LogP contribution in [-0.2, 0) is 42.1 Å². The van der Waals surface area contributed by atoms with Crippen LogP contribution in [0.2, 0.25) is 38.3 Å². The Bertz CT molecular complexity index is 839. The molecule has 6 N–H and O–H groups in total. The van der Waals surface area contributed by atoms with Crippen molar-refractivity contribution < 1.29 is 72.8 Å². The summed E-state index contributed by atoms with van der Waals surface area (Å²) in [6.07, 6.45) is -11.7. The van der Waals surface area contributed by atoms with Gasteiger partial charge in [0.1, 0.15) is 62.0 Å². The fourth-order valence-corrected chi connectivity index (χ4v) is 14.2. The van der Waals surface area contributed by atoms with Crippen LogP contribution >= 0.6 is 0 Å². The molecule has 2 heterocycles. The fraction of sp³-hybridized carbons (Fsp3) is 0.929. The zero-order chi connectivity index (χ0) is 33.9. The van der Waals surface area contributed by atoms with Crippen molar-refractivity contribution >= 4 is 28.6 Å². The minimum absolute atomic E-state index is 0.136. The number of carbonyl (C=O) groups is 2. The Morgan fingerprint density at radius 3 is 1.29 bits per heavy atom. The van der Waals surface area contributed by atoms with Crippen molar-refractivity contribution in [3.63, 3.8) is 0 Å². The van der Waals surface area contributed by atoms with E-state index in [1.165, 1.54) is 0 Å². The van der Waals surface area contributed by atoms with Crippen molar-refractivity contribution in [2.24, 2.45) is 0 Å². The number of hydrogen-bond donors (Lipinski definition) is 6. The number of ether oxygens (including phenoxy) is 6. The molecular weight excluding hydrogens is 632 g/mol. The molecule has 0 aromatic carbocycles. The quantitative estimate of drug-likeness (QED) is 0.0809. The Kier molecular flexibility index (Phi) is 16.5. The number of hydrogen-bond acceptors (Lipinski definition) is 15. The van der Waals surface area contributed by atoms with Gasteiger partial charge in [-0.1, -0.05) is 0 Å². The molecule has 0 aromatic rings. The van der Waals surface area contributed by atoms with Crippen LogP contribution in [0.5, 0.6) is 0 Å². The molecule has 0 amide bonds. The third kappa shape index (κ3) is 12.8. The molecule has 2 fully saturated rings. The Labute approximate surface area is 266 Å². The maximum Gasteiger partial charge on any atom is 0.305 e. The van der Waals surface area contributed by atoms with Crippen LogP contribution in [0, 0.1) is 0 Å². The lowest BCUT2D eigenvalue weighted by molar-refractivity contribution is -0.300. The van der Waals surface area contributed by atoms with Gasteiger partial charge in [-0.25, -0.2) is 0 Å². The molecule has 0 aliphatic carbocycles. The number of rotatable bonds is 18. The van der Waals surface area contributed by atoms with Crippen LogP contribution in [0.4, 0.5) is 0 Å². The number of aliphatic hydroxyl groups is 6. The first-order valence-corrected chi connectivity index (χ1v) is 21.9. The van der Waals surface area contributed by atoms with Crippen molar-refractivity contribution in [1.29, 1.82) is 0 Å². The van der Waals surface area contributed by atoms with Gasteiger partial charge in [0.05, 0.1) is 0 Å². The lowest BCUT2D eigenvalue weighted by Gasteiger charge is -2.39. The van der Waals surface area contributed by atoms with Crippen molar-refractivity contribution in [3.05, 3.63) is 0 Å². The van der Waals surface area contributed by atoms with Crippen LogP contribution in [-0.4, -0.2) is 147 Å². The second-order valence-electron chi connectivity index (χ2n) is 12.6. The molecule has 2 saturated heterocycles. The van der Waals surface area contributed by atoms with Gasteiger partial charge in [-0.05, 0) is 65.0 Å². The molecule has 45 heavy (non-hydrogen) atoms. The van der Waals surface area contributed by atoms with E-state index >= 15 is 0 Å². The normalized spacial score (nSPS) is 32.7. The summed E-state index contributed by atoms with van der Waals surface area (Å²) in [5.74, 6) is -0.964. The maximum atomic E-state index is 12.4. The van der Waals surface area contributed by atoms with E-state index in [2.05, 4.69) is 26.2 Å². The Hall–Kier alpha value is -1.07. The smallest absolute Gasteiger partial charge is 0.305 e. The highest BCUT2D eigenvalue weighted by atomic mass is 28.4. The minimum Gasteiger partial charge on any atom is -0.463 e. The molecule has 0 radical (unpaired) electrons. The second kappa shape index (κ2) is 18.5. The van der Waals surface area contributed by atoms with Crippen molar-refractivity contribution in [1.82, 2.24) is 0 Å². The maximum absolute atomic E-state index is 12.4. The molecule has 0 aromatic heterocycles. The summed E-state index contributed by atoms with van der Waals surface area (Å²) in [5, 5.41) is 60.4. The van der Waals surface area contributed by atoms with E-state index in [4.69, 9.17) is 32.5 Å². The molecule has 17 heteroatoms. The lowest BCUT2D eigenvalue weighted by atomic mass is 9.99. The van der Waals surface area contributed by atoms with Gasteiger partial charge in [0.2, 0.25) is 0 Å². The second-order valence-corrected chi connectivity index (χ2v) is 21.5. The van der Waals surface area contributed by atoms with Crippen LogP contribution in [0.25, 0.3) is 0 Å². The van der Waals surface area contributed by atoms with Crippen molar-refractivity contribution in [2.75, 3.05) is 26.4 Å². The van der Waals surface area contributed by atoms with Gasteiger partial charge in [-0.2, -0.15) is 0 Å². The highest BCUT2D eigenvalue weighted by Gasteiger charge is 2.46. The first kappa shape index (κ1) is 40.1. The molecule has 0 saturated carbocycles. The van der Waals surface area contributed by atoms with Crippen LogP contribution < -0.4 is 0 Å². The van der Waals surface area contributed by atoms with Gasteiger partial charge in [0, 0.05) is 26.1 Å². The van der Waals surface area contributed by atoms with E-state index in [1.54, 1.807) is 13.8 Å².